The second-order valence-electron chi connectivity index (χ2n) is 15.9. The molecular weight excluding hydrogens is 771 g/mol. The Morgan fingerprint density at radius 1 is 0.500 bits per heavy atom. The van der Waals surface area contributed by atoms with E-state index in [0.717, 1.165) is 55.7 Å². The van der Waals surface area contributed by atoms with Gasteiger partial charge in [0, 0.05) is 0 Å². The molecule has 2 nitrogen and oxygen atoms in total. The van der Waals surface area contributed by atoms with Gasteiger partial charge in [0.15, 0.2) is 0 Å². The first kappa shape index (κ1) is 51.8. The molecule has 0 heterocycles. The fourth-order valence-electron chi connectivity index (χ4n) is 6.97. The Morgan fingerprint density at radius 3 is 1.30 bits per heavy atom. The molecule has 0 aliphatic carbocycles. The van der Waals surface area contributed by atoms with E-state index in [9.17, 15) is 5.53 Å². The molecule has 0 aliphatic rings. The van der Waals surface area contributed by atoms with Crippen LogP contribution in [0.5, 0.6) is 0 Å². The van der Waals surface area contributed by atoms with Gasteiger partial charge in [0.1, 0.15) is 5.57 Å². The van der Waals surface area contributed by atoms with Crippen LogP contribution < -0.4 is 0 Å². The van der Waals surface area contributed by atoms with E-state index in [0.29, 0.717) is 0 Å². The summed E-state index contributed by atoms with van der Waals surface area (Å²) in [5, 5.41) is 0. The molecule has 2 aromatic carbocycles. The standard InChI is InChI=1S/C43H64N2.2C5H11.Pd/c1-6-11-16-19-22-27-40(35-45-44)34-43(41-30-36(23-14-9-4)28-37(31-41)24-15-10-5)42-32-38(25-20-17-12-7-2)29-39(33-42)26-21-18-13-8-3;2*1-3-5-4-2;/h22,27-34H,6-21,23-26H2,1-5H3;2*1,3-5H2,2H3;. The Hall–Kier alpha value is -2.26. The van der Waals surface area contributed by atoms with E-state index in [2.05, 4.69) is 114 Å². The van der Waals surface area contributed by atoms with Crippen LogP contribution in [-0.2, 0) is 43.7 Å². The Balaban J connectivity index is 0.00000123. The number of rotatable bonds is 32. The van der Waals surface area contributed by atoms with Crippen LogP contribution in [0, 0.1) is 0 Å². The summed E-state index contributed by atoms with van der Waals surface area (Å²) < 4.78 is 0. The van der Waals surface area contributed by atoms with E-state index < -0.39 is 0 Å². The van der Waals surface area contributed by atoms with Gasteiger partial charge in [-0.2, -0.15) is 0 Å². The van der Waals surface area contributed by atoms with E-state index in [-0.39, 0.29) is 0 Å². The molecule has 0 atom stereocenters. The molecule has 0 unspecified atom stereocenters. The summed E-state index contributed by atoms with van der Waals surface area (Å²) >= 11 is 1.08. The zero-order chi connectivity index (χ0) is 40.9. The Kier molecular flexibility index (Phi) is 34.2. The van der Waals surface area contributed by atoms with Crippen molar-refractivity contribution in [2.24, 2.45) is 0 Å². The minimum atomic E-state index is 0.816. The number of allylic oxidation sites excluding steroid dienone is 4. The molecule has 56 heavy (non-hydrogen) atoms. The zero-order valence-electron chi connectivity index (χ0n) is 37.7. The summed E-state index contributed by atoms with van der Waals surface area (Å²) in [6.45, 7) is 15.9. The molecule has 0 saturated carbocycles. The van der Waals surface area contributed by atoms with Crippen LogP contribution >= 0.6 is 0 Å². The van der Waals surface area contributed by atoms with Crippen molar-refractivity contribution in [1.82, 2.24) is 0 Å². The number of hydrogen-bond donors (Lipinski definition) is 0. The van der Waals surface area contributed by atoms with Gasteiger partial charge >= 0.3 is 86.0 Å². The summed E-state index contributed by atoms with van der Waals surface area (Å²) in [5.41, 5.74) is 19.9. The Morgan fingerprint density at radius 2 is 0.893 bits per heavy atom. The summed E-state index contributed by atoms with van der Waals surface area (Å²) in [5.74, 6) is 2.90. The van der Waals surface area contributed by atoms with Crippen molar-refractivity contribution in [2.45, 2.75) is 225 Å². The fourth-order valence-corrected chi connectivity index (χ4v) is 8.91. The molecule has 2 rings (SSSR count). The predicted molar refractivity (Wildman–Crippen MR) is 247 cm³/mol. The van der Waals surface area contributed by atoms with Gasteiger partial charge in [-0.3, -0.25) is 0 Å². The average Bonchev–Trinajstić information content (AvgIpc) is 3.21. The second-order valence-corrected chi connectivity index (χ2v) is 18.2. The minimum absolute atomic E-state index is 0.816. The molecule has 0 bridgehead atoms. The predicted octanol–water partition coefficient (Wildman–Crippen LogP) is 17.3. The van der Waals surface area contributed by atoms with Crippen molar-refractivity contribution in [3.63, 3.8) is 0 Å². The van der Waals surface area contributed by atoms with Gasteiger partial charge in [0.05, 0.1) is 0 Å². The summed E-state index contributed by atoms with van der Waals surface area (Å²) in [6.07, 6.45) is 39.2. The SMILES string of the molecule is CCCCCC=CC(=C=[N+]=[N-])C=C(c1cc(CCCC)cc(CCCC)c1)c1cc(CCCCCC)cc(CCCCCC)c1.CCCC[CH2][Pd][CH2]CCCC. The van der Waals surface area contributed by atoms with Crippen molar-refractivity contribution in [3.8, 4) is 0 Å². The van der Waals surface area contributed by atoms with Crippen molar-refractivity contribution < 1.29 is 22.8 Å². The molecule has 2 aromatic rings. The van der Waals surface area contributed by atoms with E-state index in [1.54, 1.807) is 0 Å². The third-order valence-electron chi connectivity index (χ3n) is 10.4. The third kappa shape index (κ3) is 25.9. The molecule has 0 aliphatic heterocycles. The number of unbranched alkanes of at least 4 members (excludes halogenated alkanes) is 15. The first-order valence-corrected chi connectivity index (χ1v) is 25.8. The quantitative estimate of drug-likeness (QED) is 0.0176. The van der Waals surface area contributed by atoms with Crippen molar-refractivity contribution in [3.05, 3.63) is 99.1 Å². The van der Waals surface area contributed by atoms with Gasteiger partial charge in [-0.25, -0.2) is 0 Å². The van der Waals surface area contributed by atoms with Crippen LogP contribution in [0.2, 0.25) is 9.79 Å². The van der Waals surface area contributed by atoms with Crippen LogP contribution in [0.4, 0.5) is 0 Å². The Labute approximate surface area is 356 Å². The van der Waals surface area contributed by atoms with Gasteiger partial charge in [-0.15, -0.1) is 4.79 Å². The fraction of sp³-hybridized carbons (Fsp3) is 0.660. The summed E-state index contributed by atoms with van der Waals surface area (Å²) in [4.78, 5) is 6.42. The number of hydrogen-bond acceptors (Lipinski definition) is 0. The van der Waals surface area contributed by atoms with E-state index in [1.807, 2.05) is 0 Å². The maximum atomic E-state index is 9.61. The van der Waals surface area contributed by atoms with Crippen LogP contribution in [0.25, 0.3) is 11.1 Å². The van der Waals surface area contributed by atoms with Crippen LogP contribution in [0.1, 0.15) is 223 Å². The normalized spacial score (nSPS) is 11.4. The molecule has 0 radical (unpaired) electrons. The monoisotopic (exact) mass is 857 g/mol. The number of aryl methyl sites for hydroxylation is 4. The molecule has 0 N–H and O–H groups in total. The van der Waals surface area contributed by atoms with Crippen molar-refractivity contribution in [2.75, 3.05) is 0 Å². The van der Waals surface area contributed by atoms with Crippen LogP contribution in [-0.4, -0.2) is 10.7 Å². The molecule has 0 spiro atoms. The van der Waals surface area contributed by atoms with Crippen LogP contribution in [0.15, 0.2) is 60.2 Å². The van der Waals surface area contributed by atoms with Crippen molar-refractivity contribution >= 4 is 11.4 Å². The third-order valence-corrected chi connectivity index (χ3v) is 12.6. The van der Waals surface area contributed by atoms with Crippen molar-refractivity contribution in [1.29, 1.82) is 0 Å². The molecule has 0 amide bonds. The topological polar surface area (TPSA) is 36.4 Å². The molecule has 318 valence electrons. The van der Waals surface area contributed by atoms with Gasteiger partial charge < -0.3 is 5.53 Å². The van der Waals surface area contributed by atoms with Crippen LogP contribution in [0.3, 0.4) is 0 Å². The second kappa shape index (κ2) is 37.0. The van der Waals surface area contributed by atoms with E-state index in [1.165, 1.54) is 184 Å². The first-order chi connectivity index (χ1) is 27.5. The van der Waals surface area contributed by atoms with Gasteiger partial charge in [0.2, 0.25) is 0 Å². The maximum absolute atomic E-state index is 9.61. The molecule has 3 heteroatoms. The first-order valence-electron chi connectivity index (χ1n) is 23.6. The van der Waals surface area contributed by atoms with E-state index in [4.69, 9.17) is 0 Å². The summed E-state index contributed by atoms with van der Waals surface area (Å²) in [6, 6.07) is 14.6. The van der Waals surface area contributed by atoms with Gasteiger partial charge in [-0.1, -0.05) is 141 Å². The molecule has 0 fully saturated rings. The Bertz CT molecular complexity index is 1340. The van der Waals surface area contributed by atoms with E-state index >= 15 is 0 Å². The average molecular weight is 858 g/mol. The zero-order valence-corrected chi connectivity index (χ0v) is 39.3. The number of benzene rings is 2. The number of nitrogens with zero attached hydrogens (tertiary/aromatic N) is 2. The summed E-state index contributed by atoms with van der Waals surface area (Å²) in [7, 11) is 0. The molecule has 0 aromatic heterocycles. The van der Waals surface area contributed by atoms with Gasteiger partial charge in [0.25, 0.3) is 0 Å². The van der Waals surface area contributed by atoms with Gasteiger partial charge in [-0.05, 0) is 115 Å². The molecular formula is C53H86N2Pd. The molecule has 0 saturated heterocycles.